The van der Waals surface area contributed by atoms with Gasteiger partial charge in [-0.25, -0.2) is 0 Å². The van der Waals surface area contributed by atoms with Gasteiger partial charge in [-0.1, -0.05) is 48.0 Å². The molecule has 28 heavy (non-hydrogen) atoms. The van der Waals surface area contributed by atoms with Crippen LogP contribution in [-0.4, -0.2) is 55.3 Å². The number of thiocarbonyl (C=S) groups is 2. The molecule has 2 saturated heterocycles. The minimum atomic E-state index is -1.19. The first kappa shape index (κ1) is 22.5. The van der Waals surface area contributed by atoms with Crippen molar-refractivity contribution >= 4 is 80.4 Å². The van der Waals surface area contributed by atoms with Crippen LogP contribution in [0.5, 0.6) is 0 Å². The van der Waals surface area contributed by atoms with Crippen LogP contribution in [0.1, 0.15) is 25.7 Å². The minimum absolute atomic E-state index is 0.170. The number of carbonyl (C=O) groups excluding carboxylic acids is 4. The fourth-order valence-corrected chi connectivity index (χ4v) is 4.83. The first-order chi connectivity index (χ1) is 13.2. The molecule has 2 aliphatic heterocycles. The largest absolute Gasteiger partial charge is 0.550 e. The average molecular weight is 459 g/mol. The number of thioether (sulfide) groups is 2. The highest BCUT2D eigenvalue weighted by Gasteiger charge is 2.33. The van der Waals surface area contributed by atoms with Gasteiger partial charge < -0.3 is 19.8 Å². The fourth-order valence-electron chi connectivity index (χ4n) is 2.33. The summed E-state index contributed by atoms with van der Waals surface area (Å²) in [7, 11) is 0. The molecule has 0 unspecified atom stereocenters. The van der Waals surface area contributed by atoms with Crippen LogP contribution in [-0.2, 0) is 19.2 Å². The molecule has 0 bridgehead atoms. The van der Waals surface area contributed by atoms with E-state index in [1.807, 2.05) is 0 Å². The van der Waals surface area contributed by atoms with Gasteiger partial charge in [0.15, 0.2) is 0 Å². The molecule has 0 radical (unpaired) electrons. The molecule has 2 rings (SSSR count). The van der Waals surface area contributed by atoms with Gasteiger partial charge in [-0.3, -0.25) is 19.4 Å². The van der Waals surface area contributed by atoms with Gasteiger partial charge >= 0.3 is 0 Å². The van der Waals surface area contributed by atoms with E-state index in [2.05, 4.69) is 0 Å². The molecule has 12 heteroatoms. The molecule has 2 aliphatic rings. The number of carbonyl (C=O) groups is 4. The van der Waals surface area contributed by atoms with Crippen molar-refractivity contribution in [2.24, 2.45) is 0 Å². The number of hydrogen-bond acceptors (Lipinski definition) is 10. The van der Waals surface area contributed by atoms with Crippen LogP contribution in [0, 0.1) is 0 Å². The highest BCUT2D eigenvalue weighted by Crippen LogP contribution is 2.34. The normalized spacial score (nSPS) is 20.1. The summed E-state index contributed by atoms with van der Waals surface area (Å²) in [4.78, 5) is 49.0. The second-order valence-electron chi connectivity index (χ2n) is 5.66. The standard InChI is InChI=1S/C16H16N2O6S4/c19-11(20)3-1-7-17-13(23)9(27-15(17)25)5-6-10-14(24)18(16(26)28-10)8-2-4-12(21)22/h5-6H,1-4,7-8H2,(H,19,20)(H,21,22)/p-2/b9-5-,10-6-. The Balaban J connectivity index is 2.00. The third kappa shape index (κ3) is 5.87. The zero-order chi connectivity index (χ0) is 20.8. The number of allylic oxidation sites excluding steroid dienone is 2. The summed E-state index contributed by atoms with van der Waals surface area (Å²) in [5.74, 6) is -3.09. The Morgan fingerprint density at radius 3 is 1.50 bits per heavy atom. The van der Waals surface area contributed by atoms with Crippen molar-refractivity contribution in [3.8, 4) is 0 Å². The molecule has 2 amide bonds. The molecule has 8 nitrogen and oxygen atoms in total. The molecular weight excluding hydrogens is 444 g/mol. The molecule has 150 valence electrons. The number of hydrogen-bond donors (Lipinski definition) is 0. The lowest BCUT2D eigenvalue weighted by molar-refractivity contribution is -0.307. The monoisotopic (exact) mass is 458 g/mol. The van der Waals surface area contributed by atoms with Crippen LogP contribution in [0.2, 0.25) is 0 Å². The van der Waals surface area contributed by atoms with Gasteiger partial charge in [0.25, 0.3) is 11.8 Å². The van der Waals surface area contributed by atoms with Crippen molar-refractivity contribution in [3.63, 3.8) is 0 Å². The van der Waals surface area contributed by atoms with E-state index in [9.17, 15) is 29.4 Å². The Hall–Kier alpha value is -1.76. The van der Waals surface area contributed by atoms with Gasteiger partial charge in [-0.15, -0.1) is 0 Å². The van der Waals surface area contributed by atoms with Gasteiger partial charge in [0, 0.05) is 25.0 Å². The third-order valence-corrected chi connectivity index (χ3v) is 6.45. The second-order valence-corrected chi connectivity index (χ2v) is 9.01. The van der Waals surface area contributed by atoms with Crippen LogP contribution < -0.4 is 10.2 Å². The summed E-state index contributed by atoms with van der Waals surface area (Å²) in [5, 5.41) is 21.0. The smallest absolute Gasteiger partial charge is 0.266 e. The molecule has 0 aromatic heterocycles. The van der Waals surface area contributed by atoms with Crippen LogP contribution >= 0.6 is 48.0 Å². The number of carboxylic acid groups (broad SMARTS) is 2. The van der Waals surface area contributed by atoms with Gasteiger partial charge in [0.1, 0.15) is 8.64 Å². The molecule has 2 heterocycles. The maximum Gasteiger partial charge on any atom is 0.266 e. The van der Waals surface area contributed by atoms with Crippen molar-refractivity contribution in [2.45, 2.75) is 25.7 Å². The number of carboxylic acids is 2. The van der Waals surface area contributed by atoms with Crippen LogP contribution in [0.15, 0.2) is 22.0 Å². The Morgan fingerprint density at radius 2 is 1.18 bits per heavy atom. The summed E-state index contributed by atoms with van der Waals surface area (Å²) in [6.45, 7) is 0.354. The Labute approximate surface area is 180 Å². The van der Waals surface area contributed by atoms with Crippen molar-refractivity contribution in [1.82, 2.24) is 9.80 Å². The molecule has 0 N–H and O–H groups in total. The van der Waals surface area contributed by atoms with E-state index < -0.39 is 11.9 Å². The SMILES string of the molecule is O=C([O-])CCCN1C(=O)/C(=C/C=C2\SC(=S)N(CCCC(=O)[O-])C2=O)SC1=S. The van der Waals surface area contributed by atoms with Crippen LogP contribution in [0.25, 0.3) is 0 Å². The summed E-state index contributed by atoms with van der Waals surface area (Å²) in [6, 6.07) is 0. The highest BCUT2D eigenvalue weighted by atomic mass is 32.2. The third-order valence-electron chi connectivity index (χ3n) is 3.66. The van der Waals surface area contributed by atoms with E-state index in [-0.39, 0.29) is 50.6 Å². The summed E-state index contributed by atoms with van der Waals surface area (Å²) >= 11 is 12.4. The quantitative estimate of drug-likeness (QED) is 0.331. The van der Waals surface area contributed by atoms with E-state index in [1.165, 1.54) is 22.0 Å². The Kier molecular flexibility index (Phi) is 8.16. The lowest BCUT2D eigenvalue weighted by atomic mass is 10.3. The maximum atomic E-state index is 12.4. The molecule has 0 spiro atoms. The van der Waals surface area contributed by atoms with Crippen molar-refractivity contribution in [1.29, 1.82) is 0 Å². The van der Waals surface area contributed by atoms with Gasteiger partial charge in [0.2, 0.25) is 0 Å². The van der Waals surface area contributed by atoms with Crippen molar-refractivity contribution in [3.05, 3.63) is 22.0 Å². The number of nitrogens with zero attached hydrogens (tertiary/aromatic N) is 2. The summed E-state index contributed by atoms with van der Waals surface area (Å²) in [5.41, 5.74) is 0. The maximum absolute atomic E-state index is 12.4. The van der Waals surface area contributed by atoms with Gasteiger partial charge in [-0.2, -0.15) is 0 Å². The van der Waals surface area contributed by atoms with Crippen LogP contribution in [0.3, 0.4) is 0 Å². The fraction of sp³-hybridized carbons (Fsp3) is 0.375. The topological polar surface area (TPSA) is 121 Å². The number of amides is 2. The highest BCUT2D eigenvalue weighted by molar-refractivity contribution is 8.27. The van der Waals surface area contributed by atoms with E-state index in [0.717, 1.165) is 23.5 Å². The van der Waals surface area contributed by atoms with Crippen molar-refractivity contribution in [2.75, 3.05) is 13.1 Å². The summed E-state index contributed by atoms with van der Waals surface area (Å²) in [6.07, 6.45) is 3.07. The van der Waals surface area contributed by atoms with E-state index in [1.54, 1.807) is 0 Å². The predicted octanol–water partition coefficient (Wildman–Crippen LogP) is -0.465. The zero-order valence-corrected chi connectivity index (χ0v) is 17.6. The van der Waals surface area contributed by atoms with E-state index in [4.69, 9.17) is 24.4 Å². The number of aliphatic carboxylic acids is 2. The first-order valence-corrected chi connectivity index (χ1v) is 10.5. The number of rotatable bonds is 9. The van der Waals surface area contributed by atoms with Crippen LogP contribution in [0.4, 0.5) is 0 Å². The lowest BCUT2D eigenvalue weighted by Crippen LogP contribution is -2.31. The lowest BCUT2D eigenvalue weighted by Gasteiger charge is -2.14. The van der Waals surface area contributed by atoms with Gasteiger partial charge in [0.05, 0.1) is 9.81 Å². The average Bonchev–Trinajstić information content (AvgIpc) is 3.03. The minimum Gasteiger partial charge on any atom is -0.550 e. The predicted molar refractivity (Wildman–Crippen MR) is 108 cm³/mol. The van der Waals surface area contributed by atoms with Gasteiger partial charge in [-0.05, 0) is 37.8 Å². The molecule has 0 atom stereocenters. The summed E-state index contributed by atoms with van der Waals surface area (Å²) < 4.78 is 0.635. The molecule has 0 aromatic rings. The Morgan fingerprint density at radius 1 is 0.821 bits per heavy atom. The molecule has 0 saturated carbocycles. The molecule has 2 fully saturated rings. The molecule has 0 aromatic carbocycles. The first-order valence-electron chi connectivity index (χ1n) is 8.09. The molecular formula is C16H14N2O6S4-2. The zero-order valence-electron chi connectivity index (χ0n) is 14.4. The van der Waals surface area contributed by atoms with Crippen molar-refractivity contribution < 1.29 is 29.4 Å². The van der Waals surface area contributed by atoms with E-state index in [0.29, 0.717) is 18.5 Å². The second kappa shape index (κ2) is 10.1. The van der Waals surface area contributed by atoms with E-state index >= 15 is 0 Å². The Bertz CT molecular complexity index is 741. The molecule has 0 aliphatic carbocycles.